The number of carbonyl (C=O) groups is 4. The molecule has 0 aliphatic heterocycles. The summed E-state index contributed by atoms with van der Waals surface area (Å²) >= 11 is 0. The van der Waals surface area contributed by atoms with Crippen LogP contribution >= 0.6 is 0 Å². The van der Waals surface area contributed by atoms with Crippen LogP contribution in [0.4, 0.5) is 0 Å². The minimum Gasteiger partial charge on any atom is -0.466 e. The Bertz CT molecular complexity index is 1540. The molecule has 0 fully saturated rings. The highest BCUT2D eigenvalue weighted by atomic mass is 16.6. The number of amides is 1. The molecular weight excluding hydrogens is 1150 g/mol. The van der Waals surface area contributed by atoms with Gasteiger partial charge in [-0.2, -0.15) is 0 Å². The molecule has 0 saturated carbocycles. The zero-order valence-electron chi connectivity index (χ0n) is 56.4. The average Bonchev–Trinajstić information content (AvgIpc) is 3.61. The van der Waals surface area contributed by atoms with E-state index in [0.29, 0.717) is 152 Å². The quantitative estimate of drug-likeness (QED) is 0.0259. The van der Waals surface area contributed by atoms with Crippen molar-refractivity contribution in [2.45, 2.75) is 219 Å². The van der Waals surface area contributed by atoms with Crippen molar-refractivity contribution in [3.63, 3.8) is 0 Å². The third-order valence-corrected chi connectivity index (χ3v) is 14.0. The van der Waals surface area contributed by atoms with Crippen molar-refractivity contribution in [2.24, 2.45) is 0 Å². The molecule has 0 unspecified atom stereocenters. The Morgan fingerprint density at radius 2 is 0.562 bits per heavy atom. The van der Waals surface area contributed by atoms with Gasteiger partial charge in [0.05, 0.1) is 178 Å². The number of esters is 3. The van der Waals surface area contributed by atoms with Crippen molar-refractivity contribution >= 4 is 23.8 Å². The van der Waals surface area contributed by atoms with Crippen LogP contribution in [0.2, 0.25) is 0 Å². The SMILES string of the molecule is CCCCCCCC/C=C/CCCCCCCCOC(=O)C[C@H](NC(=O)CCC(=O)OCCOCCOCCOCCOCCOCCOCCOCCOCCOCCOCCOCCOC)C(=O)OCCCCCCCC/C=C/CCCCCCCC. The predicted octanol–water partition coefficient (Wildman–Crippen LogP) is 12.2. The second-order valence-corrected chi connectivity index (χ2v) is 22.0. The summed E-state index contributed by atoms with van der Waals surface area (Å²) in [7, 11) is 1.64. The van der Waals surface area contributed by atoms with Crippen molar-refractivity contribution < 1.29 is 90.2 Å². The maximum atomic E-state index is 13.2. The molecule has 89 heavy (non-hydrogen) atoms. The molecule has 0 spiro atoms. The summed E-state index contributed by atoms with van der Waals surface area (Å²) in [6.07, 6.45) is 41.5. The first-order valence-electron chi connectivity index (χ1n) is 34.9. The first kappa shape index (κ1) is 85.9. The molecule has 1 atom stereocenters. The molecule has 0 aromatic carbocycles. The van der Waals surface area contributed by atoms with Crippen LogP contribution in [-0.2, 0) is 90.2 Å². The summed E-state index contributed by atoms with van der Waals surface area (Å²) in [6.45, 7) is 15.4. The van der Waals surface area contributed by atoms with Crippen molar-refractivity contribution in [2.75, 3.05) is 179 Å². The first-order valence-corrected chi connectivity index (χ1v) is 34.9. The van der Waals surface area contributed by atoms with Crippen molar-refractivity contribution in [3.8, 4) is 0 Å². The predicted molar refractivity (Wildman–Crippen MR) is 348 cm³/mol. The number of nitrogens with one attached hydrogen (secondary N) is 1. The van der Waals surface area contributed by atoms with Crippen LogP contribution in [0, 0.1) is 0 Å². The monoisotopic (exact) mass is 1280 g/mol. The van der Waals surface area contributed by atoms with E-state index < -0.39 is 29.9 Å². The summed E-state index contributed by atoms with van der Waals surface area (Å²) < 4.78 is 81.5. The van der Waals surface area contributed by atoms with E-state index in [9.17, 15) is 19.2 Å². The van der Waals surface area contributed by atoms with Gasteiger partial charge in [0.2, 0.25) is 5.91 Å². The minimum atomic E-state index is -1.22. The van der Waals surface area contributed by atoms with Crippen LogP contribution in [0.15, 0.2) is 24.3 Å². The molecule has 20 nitrogen and oxygen atoms in total. The van der Waals surface area contributed by atoms with Gasteiger partial charge in [0, 0.05) is 13.5 Å². The molecular formula is C69H129NO19. The maximum absolute atomic E-state index is 13.2. The Labute approximate surface area is 539 Å². The summed E-state index contributed by atoms with van der Waals surface area (Å²) in [5.74, 6) is -2.42. The molecule has 0 heterocycles. The molecule has 0 saturated heterocycles. The van der Waals surface area contributed by atoms with Gasteiger partial charge in [0.15, 0.2) is 0 Å². The molecule has 0 aromatic heterocycles. The molecule has 0 aliphatic carbocycles. The molecule has 20 heteroatoms. The number of hydrogen-bond acceptors (Lipinski definition) is 19. The van der Waals surface area contributed by atoms with Crippen LogP contribution < -0.4 is 5.32 Å². The van der Waals surface area contributed by atoms with Gasteiger partial charge in [0.1, 0.15) is 12.6 Å². The molecule has 524 valence electrons. The number of rotatable bonds is 75. The lowest BCUT2D eigenvalue weighted by Gasteiger charge is -2.17. The van der Waals surface area contributed by atoms with E-state index in [2.05, 4.69) is 43.5 Å². The zero-order valence-corrected chi connectivity index (χ0v) is 56.4. The maximum Gasteiger partial charge on any atom is 0.329 e. The van der Waals surface area contributed by atoms with E-state index in [1.807, 2.05) is 0 Å². The van der Waals surface area contributed by atoms with Gasteiger partial charge in [-0.25, -0.2) is 4.79 Å². The number of unbranched alkanes of at least 4 members (excludes halogenated alkanes) is 24. The van der Waals surface area contributed by atoms with E-state index in [1.165, 1.54) is 116 Å². The molecule has 0 rings (SSSR count). The summed E-state index contributed by atoms with van der Waals surface area (Å²) in [6, 6.07) is -1.22. The van der Waals surface area contributed by atoms with Gasteiger partial charge in [0.25, 0.3) is 0 Å². The number of carbonyl (C=O) groups excluding carboxylic acids is 4. The van der Waals surface area contributed by atoms with Gasteiger partial charge in [-0.05, 0) is 64.2 Å². The van der Waals surface area contributed by atoms with Gasteiger partial charge in [-0.1, -0.05) is 154 Å². The topological polar surface area (TPSA) is 219 Å². The Morgan fingerprint density at radius 1 is 0.292 bits per heavy atom. The smallest absolute Gasteiger partial charge is 0.329 e. The molecule has 0 radical (unpaired) electrons. The van der Waals surface area contributed by atoms with Crippen molar-refractivity contribution in [1.29, 1.82) is 0 Å². The third-order valence-electron chi connectivity index (χ3n) is 14.0. The normalized spacial score (nSPS) is 12.0. The summed E-state index contributed by atoms with van der Waals surface area (Å²) in [5, 5.41) is 2.61. The Balaban J connectivity index is 4.12. The van der Waals surface area contributed by atoms with E-state index in [1.54, 1.807) is 7.11 Å². The lowest BCUT2D eigenvalue weighted by atomic mass is 10.1. The summed E-state index contributed by atoms with van der Waals surface area (Å²) in [4.78, 5) is 51.5. The number of hydrogen-bond donors (Lipinski definition) is 1. The van der Waals surface area contributed by atoms with E-state index in [-0.39, 0.29) is 45.7 Å². The zero-order chi connectivity index (χ0) is 64.3. The summed E-state index contributed by atoms with van der Waals surface area (Å²) in [5.41, 5.74) is 0. The Morgan fingerprint density at radius 3 is 0.888 bits per heavy atom. The van der Waals surface area contributed by atoms with Gasteiger partial charge in [-0.15, -0.1) is 0 Å². The van der Waals surface area contributed by atoms with E-state index >= 15 is 0 Å². The third kappa shape index (κ3) is 72.2. The molecule has 1 N–H and O–H groups in total. The molecule has 0 aromatic rings. The molecule has 1 amide bonds. The number of methoxy groups -OCH3 is 1. The highest BCUT2D eigenvalue weighted by Crippen LogP contribution is 2.13. The number of allylic oxidation sites excluding steroid dienone is 4. The van der Waals surface area contributed by atoms with Gasteiger partial charge in [-0.3, -0.25) is 14.4 Å². The van der Waals surface area contributed by atoms with Crippen LogP contribution in [-0.4, -0.2) is 209 Å². The standard InChI is InChI=1S/C69H129NO19/c1-4-6-8-10-12-14-16-18-20-22-24-26-28-30-32-34-38-87-68(73)64-65(69(74)89-39-35-33-31-29-27-25-23-21-19-17-15-13-11-9-7-5-2)70-66(71)36-37-67(72)88-63-62-86-61-60-85-59-58-84-57-56-83-55-54-82-53-52-81-51-50-80-49-48-79-47-46-78-45-44-77-43-42-76-41-40-75-3/h18-21,65H,4-17,22-64H2,1-3H3,(H,70,71)/b20-18+,21-19+/t65-/m0/s1. The van der Waals surface area contributed by atoms with E-state index in [0.717, 1.165) is 57.8 Å². The van der Waals surface area contributed by atoms with Crippen LogP contribution in [0.3, 0.4) is 0 Å². The van der Waals surface area contributed by atoms with Crippen LogP contribution in [0.5, 0.6) is 0 Å². The fraction of sp³-hybridized carbons (Fsp3) is 0.884. The fourth-order valence-corrected chi connectivity index (χ4v) is 8.79. The largest absolute Gasteiger partial charge is 0.466 e. The highest BCUT2D eigenvalue weighted by molar-refractivity contribution is 5.89. The Kier molecular flexibility index (Phi) is 72.9. The first-order chi connectivity index (χ1) is 43.9. The highest BCUT2D eigenvalue weighted by Gasteiger charge is 2.26. The lowest BCUT2D eigenvalue weighted by molar-refractivity contribution is -0.154. The molecule has 0 bridgehead atoms. The van der Waals surface area contributed by atoms with Gasteiger partial charge < -0.3 is 76.4 Å². The second-order valence-electron chi connectivity index (χ2n) is 22.0. The van der Waals surface area contributed by atoms with Crippen molar-refractivity contribution in [3.05, 3.63) is 24.3 Å². The second kappa shape index (κ2) is 75.6. The molecule has 0 aliphatic rings. The number of ether oxygens (including phenoxy) is 15. The fourth-order valence-electron chi connectivity index (χ4n) is 8.79. The van der Waals surface area contributed by atoms with Crippen molar-refractivity contribution in [1.82, 2.24) is 5.32 Å². The van der Waals surface area contributed by atoms with E-state index in [4.69, 9.17) is 71.1 Å². The average molecular weight is 1280 g/mol. The minimum absolute atomic E-state index is 0.00796. The Hall–Kier alpha value is -3.12. The van der Waals surface area contributed by atoms with Crippen LogP contribution in [0.25, 0.3) is 0 Å². The van der Waals surface area contributed by atoms with Crippen LogP contribution in [0.1, 0.15) is 213 Å². The lowest BCUT2D eigenvalue weighted by Crippen LogP contribution is -2.43. The van der Waals surface area contributed by atoms with Gasteiger partial charge >= 0.3 is 17.9 Å².